The molecule has 1 aromatic heterocycles. The molecule has 152 valence electrons. The molecule has 1 aromatic rings. The number of carbonyl (C=O) groups excluding carboxylic acids is 1. The van der Waals surface area contributed by atoms with Crippen LogP contribution in [0, 0.1) is 5.95 Å². The predicted molar refractivity (Wildman–Crippen MR) is 108 cm³/mol. The summed E-state index contributed by atoms with van der Waals surface area (Å²) in [5.41, 5.74) is 0.754. The van der Waals surface area contributed by atoms with Crippen LogP contribution < -0.4 is 4.90 Å². The predicted octanol–water partition coefficient (Wildman–Crippen LogP) is 3.60. The van der Waals surface area contributed by atoms with Crippen molar-refractivity contribution >= 4 is 23.4 Å². The Morgan fingerprint density at radius 2 is 2.07 bits per heavy atom. The average molecular weight is 409 g/mol. The van der Waals surface area contributed by atoms with Gasteiger partial charge in [-0.15, -0.1) is 11.6 Å². The highest BCUT2D eigenvalue weighted by Gasteiger charge is 2.30. The zero-order valence-corrected chi connectivity index (χ0v) is 17.0. The molecule has 3 heterocycles. The van der Waals surface area contributed by atoms with Gasteiger partial charge < -0.3 is 14.5 Å². The number of allylic oxidation sites excluding steroid dienone is 3. The van der Waals surface area contributed by atoms with Crippen molar-refractivity contribution < 1.29 is 13.9 Å². The van der Waals surface area contributed by atoms with Crippen molar-refractivity contribution in [2.45, 2.75) is 25.6 Å². The van der Waals surface area contributed by atoms with Gasteiger partial charge in [0.25, 0.3) is 0 Å². The number of pyridine rings is 1. The lowest BCUT2D eigenvalue weighted by Gasteiger charge is -2.39. The number of hydrogen-bond acceptors (Lipinski definition) is 4. The Hall–Kier alpha value is -2.28. The molecular weight excluding hydrogens is 383 g/mol. The Balaban J connectivity index is 1.66. The molecule has 1 unspecified atom stereocenters. The molecule has 1 fully saturated rings. The zero-order chi connectivity index (χ0) is 20.1. The van der Waals surface area contributed by atoms with E-state index in [1.54, 1.807) is 17.0 Å². The number of halogens is 2. The second-order valence-electron chi connectivity index (χ2n) is 6.80. The molecule has 0 aliphatic carbocycles. The molecule has 6 nitrogen and oxygen atoms in total. The van der Waals surface area contributed by atoms with Crippen LogP contribution in [0.3, 0.4) is 0 Å². The summed E-state index contributed by atoms with van der Waals surface area (Å²) < 4.78 is 19.0. The van der Waals surface area contributed by atoms with Crippen molar-refractivity contribution in [3.63, 3.8) is 0 Å². The molecule has 1 atom stereocenters. The number of piperazine rings is 1. The molecule has 1 saturated heterocycles. The number of hydrogen-bond donors (Lipinski definition) is 0. The molecule has 3 rings (SSSR count). The molecular formula is C20H26ClFN4O2. The van der Waals surface area contributed by atoms with Crippen molar-refractivity contribution in [2.24, 2.45) is 0 Å². The van der Waals surface area contributed by atoms with E-state index >= 15 is 0 Å². The molecule has 8 heteroatoms. The third kappa shape index (κ3) is 4.76. The van der Waals surface area contributed by atoms with E-state index in [0.29, 0.717) is 45.1 Å². The van der Waals surface area contributed by atoms with E-state index in [1.165, 1.54) is 6.07 Å². The van der Waals surface area contributed by atoms with Gasteiger partial charge in [0.1, 0.15) is 18.2 Å². The normalized spacial score (nSPS) is 19.2. The van der Waals surface area contributed by atoms with Gasteiger partial charge >= 0.3 is 6.03 Å². The number of rotatable bonds is 4. The SMILES string of the molecule is CCC(Cl)/C=C\C1=C(C)OCCN1C(=O)N1CCN(c2cccc(F)n2)CC1. The molecule has 28 heavy (non-hydrogen) atoms. The fraction of sp³-hybridized carbons (Fsp3) is 0.500. The average Bonchev–Trinajstić information content (AvgIpc) is 2.72. The van der Waals surface area contributed by atoms with E-state index in [9.17, 15) is 9.18 Å². The van der Waals surface area contributed by atoms with Crippen LogP contribution in [0.5, 0.6) is 0 Å². The van der Waals surface area contributed by atoms with Crippen molar-refractivity contribution in [3.05, 3.63) is 47.8 Å². The molecule has 0 saturated carbocycles. The Morgan fingerprint density at radius 1 is 1.32 bits per heavy atom. The minimum atomic E-state index is -0.494. The summed E-state index contributed by atoms with van der Waals surface area (Å²) in [5, 5.41) is -0.0820. The fourth-order valence-electron chi connectivity index (χ4n) is 3.28. The number of amides is 2. The number of carbonyl (C=O) groups is 1. The maximum atomic E-state index is 13.4. The Labute approximate surface area is 170 Å². The highest BCUT2D eigenvalue weighted by molar-refractivity contribution is 6.21. The summed E-state index contributed by atoms with van der Waals surface area (Å²) in [5.74, 6) is 0.829. The van der Waals surface area contributed by atoms with E-state index in [-0.39, 0.29) is 11.4 Å². The minimum Gasteiger partial charge on any atom is -0.494 e. The van der Waals surface area contributed by atoms with Crippen molar-refractivity contribution in [2.75, 3.05) is 44.2 Å². The number of urea groups is 1. The highest BCUT2D eigenvalue weighted by atomic mass is 35.5. The number of nitrogens with zero attached hydrogens (tertiary/aromatic N) is 4. The van der Waals surface area contributed by atoms with E-state index in [4.69, 9.17) is 16.3 Å². The van der Waals surface area contributed by atoms with E-state index in [2.05, 4.69) is 4.98 Å². The summed E-state index contributed by atoms with van der Waals surface area (Å²) in [7, 11) is 0. The summed E-state index contributed by atoms with van der Waals surface area (Å²) in [6, 6.07) is 4.72. The van der Waals surface area contributed by atoms with Gasteiger partial charge in [0.15, 0.2) is 0 Å². The van der Waals surface area contributed by atoms with Crippen LogP contribution in [0.1, 0.15) is 20.3 Å². The van der Waals surface area contributed by atoms with Gasteiger partial charge in [-0.05, 0) is 31.6 Å². The van der Waals surface area contributed by atoms with Gasteiger partial charge in [-0.1, -0.05) is 19.1 Å². The maximum absolute atomic E-state index is 13.4. The standard InChI is InChI=1S/C20H26ClFN4O2/c1-3-16(21)7-8-17-15(2)28-14-13-26(17)20(27)25-11-9-24(10-12-25)19-6-4-5-18(22)23-19/h4-8,16H,3,9-14H2,1-2H3/b8-7-. The van der Waals surface area contributed by atoms with E-state index in [1.807, 2.05) is 35.8 Å². The van der Waals surface area contributed by atoms with Crippen molar-refractivity contribution in [1.82, 2.24) is 14.8 Å². The smallest absolute Gasteiger partial charge is 0.324 e. The Kier molecular flexibility index (Phi) is 6.78. The molecule has 2 amide bonds. The fourth-order valence-corrected chi connectivity index (χ4v) is 3.36. The highest BCUT2D eigenvalue weighted by Crippen LogP contribution is 2.22. The molecule has 0 spiro atoms. The third-order valence-electron chi connectivity index (χ3n) is 4.94. The molecule has 0 radical (unpaired) electrons. The zero-order valence-electron chi connectivity index (χ0n) is 16.3. The van der Waals surface area contributed by atoms with Crippen molar-refractivity contribution in [3.8, 4) is 0 Å². The number of aromatic nitrogens is 1. The van der Waals surface area contributed by atoms with Gasteiger partial charge in [0, 0.05) is 26.2 Å². The number of alkyl halides is 1. The quantitative estimate of drug-likeness (QED) is 0.564. The largest absolute Gasteiger partial charge is 0.494 e. The van der Waals surface area contributed by atoms with Crippen LogP contribution in [0.15, 0.2) is 41.8 Å². The molecule has 2 aliphatic rings. The summed E-state index contributed by atoms with van der Waals surface area (Å²) in [4.78, 5) is 22.6. The van der Waals surface area contributed by atoms with Crippen LogP contribution in [-0.2, 0) is 4.74 Å². The number of ether oxygens (including phenoxy) is 1. The van der Waals surface area contributed by atoms with Crippen LogP contribution in [0.25, 0.3) is 0 Å². The third-order valence-corrected chi connectivity index (χ3v) is 5.40. The minimum absolute atomic E-state index is 0.0447. The molecule has 0 bridgehead atoms. The lowest BCUT2D eigenvalue weighted by Crippen LogP contribution is -2.53. The van der Waals surface area contributed by atoms with Gasteiger partial charge in [-0.2, -0.15) is 4.39 Å². The summed E-state index contributed by atoms with van der Waals surface area (Å²) >= 11 is 6.19. The van der Waals surface area contributed by atoms with E-state index in [0.717, 1.165) is 17.9 Å². The first-order valence-electron chi connectivity index (χ1n) is 9.59. The number of anilines is 1. The lowest BCUT2D eigenvalue weighted by molar-refractivity contribution is 0.117. The Morgan fingerprint density at radius 3 is 2.75 bits per heavy atom. The van der Waals surface area contributed by atoms with Gasteiger partial charge in [-0.25, -0.2) is 9.78 Å². The van der Waals surface area contributed by atoms with Crippen LogP contribution in [0.2, 0.25) is 0 Å². The molecule has 0 aromatic carbocycles. The second kappa shape index (κ2) is 9.28. The van der Waals surface area contributed by atoms with Gasteiger partial charge in [0.2, 0.25) is 5.95 Å². The van der Waals surface area contributed by atoms with Crippen LogP contribution >= 0.6 is 11.6 Å². The second-order valence-corrected chi connectivity index (χ2v) is 7.36. The molecule has 2 aliphatic heterocycles. The summed E-state index contributed by atoms with van der Waals surface area (Å²) in [6.45, 7) is 7.17. The van der Waals surface area contributed by atoms with Gasteiger partial charge in [-0.3, -0.25) is 4.90 Å². The maximum Gasteiger partial charge on any atom is 0.324 e. The van der Waals surface area contributed by atoms with E-state index < -0.39 is 5.95 Å². The molecule has 0 N–H and O–H groups in total. The topological polar surface area (TPSA) is 48.9 Å². The van der Waals surface area contributed by atoms with Crippen molar-refractivity contribution in [1.29, 1.82) is 0 Å². The van der Waals surface area contributed by atoms with Crippen LogP contribution in [-0.4, -0.2) is 65.5 Å². The first kappa shape index (κ1) is 20.5. The Bertz CT molecular complexity index is 762. The van der Waals surface area contributed by atoms with Crippen LogP contribution in [0.4, 0.5) is 15.0 Å². The van der Waals surface area contributed by atoms with Gasteiger partial charge in [0.05, 0.1) is 17.6 Å². The lowest BCUT2D eigenvalue weighted by atomic mass is 10.2. The first-order chi connectivity index (χ1) is 13.5. The summed E-state index contributed by atoms with van der Waals surface area (Å²) in [6.07, 6.45) is 4.58. The first-order valence-corrected chi connectivity index (χ1v) is 10.0. The monoisotopic (exact) mass is 408 g/mol.